The minimum absolute atomic E-state index is 0. The molecule has 8 aromatic rings. The van der Waals surface area contributed by atoms with Crippen LogP contribution in [0.25, 0.3) is 43.1 Å². The molecule has 1 aliphatic carbocycles. The molecule has 0 amide bonds. The smallest absolute Gasteiger partial charge is 0.228 e. The van der Waals surface area contributed by atoms with Gasteiger partial charge in [-0.25, -0.2) is 0 Å². The SMILES string of the molecule is C=C1N(C)c2ccc3ccccc3c2C1(C)C.CCO.CCO.CN1c2ccc3ccccc3c2C(C)(C)C12C=Nc1c(cc(N3CCC(O)CC3)c3ccccc13)O2.O=Nc1c(O)ccc2ccccc12.OC1CCCCC1.[2HH]. The van der Waals surface area contributed by atoms with Gasteiger partial charge in [0.25, 0.3) is 0 Å². The largest absolute Gasteiger partial charge is 0.506 e. The molecule has 5 aliphatic rings. The monoisotopic (exact) mass is 1070 g/mol. The number of hydrogen-bond acceptors (Lipinski definition) is 12. The zero-order chi connectivity index (χ0) is 56.6. The molecule has 1 unspecified atom stereocenters. The van der Waals surface area contributed by atoms with E-state index in [9.17, 15) is 15.1 Å². The fourth-order valence-corrected chi connectivity index (χ4v) is 12.0. The third-order valence-electron chi connectivity index (χ3n) is 16.3. The fourth-order valence-electron chi connectivity index (χ4n) is 12.0. The van der Waals surface area contributed by atoms with Crippen LogP contribution < -0.4 is 19.4 Å². The van der Waals surface area contributed by atoms with Gasteiger partial charge in [-0.15, -0.1) is 4.91 Å². The molecule has 1 atom stereocenters. The van der Waals surface area contributed by atoms with Gasteiger partial charge in [0.05, 0.1) is 23.8 Å². The van der Waals surface area contributed by atoms with Gasteiger partial charge in [0.2, 0.25) is 5.72 Å². The Hall–Kier alpha value is -7.35. The molecule has 416 valence electrons. The van der Waals surface area contributed by atoms with Crippen molar-refractivity contribution >= 4 is 77.7 Å². The number of likely N-dealkylation sites (N-methyl/N-ethyl adjacent to an activating group) is 2. The summed E-state index contributed by atoms with van der Waals surface area (Å²) in [5, 5.41) is 55.3. The summed E-state index contributed by atoms with van der Waals surface area (Å²) in [5.74, 6) is 0.739. The second-order valence-electron chi connectivity index (χ2n) is 21.9. The molecule has 2 fully saturated rings. The molecule has 4 heterocycles. The van der Waals surface area contributed by atoms with Crippen molar-refractivity contribution in [2.75, 3.05) is 55.1 Å². The molecule has 79 heavy (non-hydrogen) atoms. The van der Waals surface area contributed by atoms with Gasteiger partial charge in [0, 0.05) is 92.2 Å². The number of aliphatic imine (C=N–C) groups is 1. The molecular formula is C67H81N5O7. The summed E-state index contributed by atoms with van der Waals surface area (Å²) in [7, 11) is 4.22. The first-order valence-electron chi connectivity index (χ1n) is 27.9. The zero-order valence-corrected chi connectivity index (χ0v) is 47.3. The maximum Gasteiger partial charge on any atom is 0.228 e. The number of anilines is 3. The molecule has 0 bridgehead atoms. The second kappa shape index (κ2) is 24.8. The summed E-state index contributed by atoms with van der Waals surface area (Å²) in [5.41, 5.74) is 7.43. The number of aromatic hydroxyl groups is 1. The number of phenols is 1. The number of piperidine rings is 1. The van der Waals surface area contributed by atoms with Crippen molar-refractivity contribution in [3.05, 3.63) is 168 Å². The van der Waals surface area contributed by atoms with Crippen LogP contribution in [-0.2, 0) is 10.8 Å². The Balaban J connectivity index is 0.000000173. The third-order valence-corrected chi connectivity index (χ3v) is 16.3. The Kier molecular flexibility index (Phi) is 18.1. The van der Waals surface area contributed by atoms with Crippen LogP contribution in [0.4, 0.5) is 28.4 Å². The molecule has 1 spiro atoms. The quantitative estimate of drug-likeness (QED) is 0.105. The Morgan fingerprint density at radius 1 is 0.633 bits per heavy atom. The lowest BCUT2D eigenvalue weighted by atomic mass is 9.76. The van der Waals surface area contributed by atoms with Gasteiger partial charge >= 0.3 is 0 Å². The summed E-state index contributed by atoms with van der Waals surface area (Å²) < 4.78 is 7.10. The zero-order valence-electron chi connectivity index (χ0n) is 47.3. The first kappa shape index (κ1) is 57.8. The first-order chi connectivity index (χ1) is 38.0. The number of aliphatic hydroxyl groups excluding tert-OH is 4. The summed E-state index contributed by atoms with van der Waals surface area (Å²) in [6, 6.07) is 47.2. The minimum atomic E-state index is -0.746. The standard InChI is InChI=1S/C31H31N3O2.C16H17N.C10H7NO2.C6H12O.2C2H6O.H2/c1-30(2)28-22-9-5-4-8-20(22)12-13-25(28)33(3)31(30)19-32-29-24-11-7-6-10-23(24)26(18-27(29)36-31)34-16-14-21(35)15-17-34;1-11-16(2,3)15-13-8-6-5-7-12(13)9-10-14(15)17(11)4;12-9-6-5-7-3-1-2-4-8(7)10(9)11-13;7-6-4-2-1-3-5-6;2*1-2-3;/h4-13,18-19,21,35H,14-17H2,1-3H3;5-10H,1H2,2-4H3;1-6,12H;6-7H,1-5H2;2*3H,2H2,1H3;1H/i;;;;;;1+1. The number of benzene rings is 8. The van der Waals surface area contributed by atoms with Gasteiger partial charge in [0.15, 0.2) is 11.4 Å². The molecule has 8 aromatic carbocycles. The van der Waals surface area contributed by atoms with Crippen LogP contribution in [-0.4, -0.2) is 90.1 Å². The Morgan fingerprint density at radius 3 is 1.67 bits per heavy atom. The highest BCUT2D eigenvalue weighted by Crippen LogP contribution is 2.57. The molecule has 1 saturated heterocycles. The highest BCUT2D eigenvalue weighted by Gasteiger charge is 2.59. The Labute approximate surface area is 467 Å². The van der Waals surface area contributed by atoms with Crippen LogP contribution in [0.15, 0.2) is 162 Å². The van der Waals surface area contributed by atoms with E-state index in [1.807, 2.05) is 18.3 Å². The molecule has 5 N–H and O–H groups in total. The predicted octanol–water partition coefficient (Wildman–Crippen LogP) is 14.8. The number of nitroso groups, excluding NO2 is 1. The van der Waals surface area contributed by atoms with Gasteiger partial charge in [-0.05, 0) is 115 Å². The highest BCUT2D eigenvalue weighted by atomic mass is 16.5. The molecule has 0 aromatic heterocycles. The van der Waals surface area contributed by atoms with E-state index in [0.717, 1.165) is 66.7 Å². The van der Waals surface area contributed by atoms with Crippen LogP contribution in [0.1, 0.15) is 99.0 Å². The van der Waals surface area contributed by atoms with Crippen molar-refractivity contribution in [2.24, 2.45) is 10.2 Å². The van der Waals surface area contributed by atoms with E-state index >= 15 is 0 Å². The van der Waals surface area contributed by atoms with Crippen LogP contribution in [0.2, 0.25) is 0 Å². The average Bonchev–Trinajstić information content (AvgIpc) is 3.79. The molecule has 4 aliphatic heterocycles. The van der Waals surface area contributed by atoms with Crippen LogP contribution >= 0.6 is 0 Å². The fraction of sp³-hybridized carbons (Fsp3) is 0.358. The first-order valence-corrected chi connectivity index (χ1v) is 27.9. The van der Waals surface area contributed by atoms with Crippen molar-refractivity contribution in [2.45, 2.75) is 115 Å². The lowest BCUT2D eigenvalue weighted by Crippen LogP contribution is -2.61. The predicted molar refractivity (Wildman–Crippen MR) is 331 cm³/mol. The van der Waals surface area contributed by atoms with Crippen LogP contribution in [0.5, 0.6) is 11.5 Å². The normalized spacial score (nSPS) is 18.5. The number of aliphatic hydroxyl groups is 4. The number of phenolic OH excluding ortho intramolecular Hbond substituents is 1. The lowest BCUT2D eigenvalue weighted by molar-refractivity contribution is 0.0831. The van der Waals surface area contributed by atoms with E-state index in [1.165, 1.54) is 80.5 Å². The van der Waals surface area contributed by atoms with Crippen molar-refractivity contribution < 1.29 is 31.7 Å². The number of allylic oxidation sites excluding steroid dienone is 1. The van der Waals surface area contributed by atoms with Crippen molar-refractivity contribution in [1.82, 2.24) is 0 Å². The highest BCUT2D eigenvalue weighted by molar-refractivity contribution is 6.07. The number of ether oxygens (including phenoxy) is 1. The van der Waals surface area contributed by atoms with Gasteiger partial charge in [-0.2, -0.15) is 0 Å². The summed E-state index contributed by atoms with van der Waals surface area (Å²) in [6.45, 7) is 18.8. The minimum Gasteiger partial charge on any atom is -0.506 e. The average molecular weight is 1070 g/mol. The lowest BCUT2D eigenvalue weighted by Gasteiger charge is -2.45. The maximum absolute atomic E-state index is 10.4. The van der Waals surface area contributed by atoms with Gasteiger partial charge in [0.1, 0.15) is 11.4 Å². The summed E-state index contributed by atoms with van der Waals surface area (Å²) in [6.07, 6.45) is 9.30. The molecule has 12 nitrogen and oxygen atoms in total. The van der Waals surface area contributed by atoms with E-state index in [4.69, 9.17) is 25.0 Å². The number of fused-ring (bicyclic) bond motifs is 10. The van der Waals surface area contributed by atoms with Crippen LogP contribution in [0.3, 0.4) is 0 Å². The number of nitrogens with zero attached hydrogens (tertiary/aromatic N) is 5. The van der Waals surface area contributed by atoms with Crippen molar-refractivity contribution in [3.63, 3.8) is 0 Å². The molecular weight excluding hydrogens is 987 g/mol. The van der Waals surface area contributed by atoms with E-state index in [-0.39, 0.29) is 49.1 Å². The van der Waals surface area contributed by atoms with E-state index in [2.05, 4.69) is 171 Å². The molecule has 1 saturated carbocycles. The number of rotatable bonds is 2. The maximum atomic E-state index is 10.4. The van der Waals surface area contributed by atoms with Gasteiger partial charge < -0.3 is 45.0 Å². The molecule has 13 rings (SSSR count). The van der Waals surface area contributed by atoms with E-state index in [1.54, 1.807) is 32.0 Å². The molecule has 0 radical (unpaired) electrons. The van der Waals surface area contributed by atoms with Gasteiger partial charge in [-0.1, -0.05) is 155 Å². The van der Waals surface area contributed by atoms with Crippen molar-refractivity contribution in [1.29, 1.82) is 0 Å². The van der Waals surface area contributed by atoms with E-state index in [0.29, 0.717) is 5.39 Å². The Bertz CT molecular complexity index is 3480. The topological polar surface area (TPSA) is 162 Å². The van der Waals surface area contributed by atoms with E-state index < -0.39 is 5.72 Å². The second-order valence-corrected chi connectivity index (χ2v) is 21.9. The van der Waals surface area contributed by atoms with Crippen molar-refractivity contribution in [3.8, 4) is 11.5 Å². The third kappa shape index (κ3) is 11.3. The summed E-state index contributed by atoms with van der Waals surface area (Å²) >= 11 is 0. The Morgan fingerprint density at radius 2 is 1.11 bits per heavy atom. The summed E-state index contributed by atoms with van der Waals surface area (Å²) in [4.78, 5) is 22.4. The number of hydrogen-bond donors (Lipinski definition) is 5. The van der Waals surface area contributed by atoms with Crippen LogP contribution in [0, 0.1) is 4.91 Å². The molecule has 12 heteroatoms. The van der Waals surface area contributed by atoms with Gasteiger partial charge in [-0.3, -0.25) is 4.99 Å².